The summed E-state index contributed by atoms with van der Waals surface area (Å²) in [5.41, 5.74) is 3.94. The summed E-state index contributed by atoms with van der Waals surface area (Å²) in [6.07, 6.45) is 9.66. The van der Waals surface area contributed by atoms with Crippen molar-refractivity contribution in [1.82, 2.24) is 15.3 Å². The number of pyridine rings is 2. The molecule has 1 amide bonds. The molecule has 0 spiro atoms. The van der Waals surface area contributed by atoms with Gasteiger partial charge in [0, 0.05) is 77.1 Å². The first-order valence-electron chi connectivity index (χ1n) is 16.0. The molecule has 3 unspecified atom stereocenters. The molecule has 2 N–H and O–H groups in total. The first-order valence-corrected chi connectivity index (χ1v) is 17.3. The zero-order valence-corrected chi connectivity index (χ0v) is 27.9. The van der Waals surface area contributed by atoms with Crippen molar-refractivity contribution in [2.24, 2.45) is 5.92 Å². The number of carbonyl (C=O) groups excluding carboxylic acids is 1. The van der Waals surface area contributed by atoms with Crippen LogP contribution in [0.2, 0.25) is 0 Å². The largest absolute Gasteiger partial charge is 0.448 e. The van der Waals surface area contributed by atoms with Gasteiger partial charge in [-0.3, -0.25) is 9.59 Å². The summed E-state index contributed by atoms with van der Waals surface area (Å²) < 4.78 is 19.3. The summed E-state index contributed by atoms with van der Waals surface area (Å²) in [5.74, 6) is 1.31. The number of aromatic amines is 1. The van der Waals surface area contributed by atoms with Crippen LogP contribution in [0.25, 0.3) is 11.1 Å². The third-order valence-corrected chi connectivity index (χ3v) is 10.2. The number of rotatable bonds is 7. The van der Waals surface area contributed by atoms with Crippen LogP contribution in [0, 0.1) is 19.8 Å². The number of H-pyrrole nitrogens is 1. The van der Waals surface area contributed by atoms with Crippen LogP contribution < -0.4 is 25.2 Å². The molecular weight excluding hydrogens is 588 g/mol. The topological polar surface area (TPSA) is 106 Å². The number of amides is 1. The minimum absolute atomic E-state index is 0.111. The average Bonchev–Trinajstić information content (AvgIpc) is 3.39. The molecule has 1 saturated heterocycles. The summed E-state index contributed by atoms with van der Waals surface area (Å²) in [6.45, 7) is 11.6. The lowest BCUT2D eigenvalue weighted by atomic mass is 9.84. The van der Waals surface area contributed by atoms with Crippen molar-refractivity contribution < 1.29 is 19.0 Å². The van der Waals surface area contributed by atoms with Crippen molar-refractivity contribution in [3.8, 4) is 22.6 Å². The number of thioether (sulfide) groups is 1. The Morgan fingerprint density at radius 1 is 1.09 bits per heavy atom. The van der Waals surface area contributed by atoms with Crippen molar-refractivity contribution in [2.75, 3.05) is 24.2 Å². The maximum Gasteiger partial charge on any atom is 0.254 e. The second kappa shape index (κ2) is 12.7. The number of ether oxygens (including phenoxy) is 3. The van der Waals surface area contributed by atoms with E-state index in [2.05, 4.69) is 29.0 Å². The lowest BCUT2D eigenvalue weighted by molar-refractivity contribution is -0.119. The summed E-state index contributed by atoms with van der Waals surface area (Å²) in [5, 5.41) is 3.00. The van der Waals surface area contributed by atoms with Crippen LogP contribution in [0.15, 0.2) is 40.2 Å². The SMILES string of the molecule is CSc1cc(C)[nH]c(=O)c1CNC(=O)c1cc(-c2ccc(N3CC(C)OC(C)C3)nc2)c2c(c1C)OC(C)(C1CCCCC1)O2. The van der Waals surface area contributed by atoms with Gasteiger partial charge in [0.2, 0.25) is 0 Å². The number of morpholine rings is 1. The van der Waals surface area contributed by atoms with E-state index in [1.165, 1.54) is 18.2 Å². The van der Waals surface area contributed by atoms with Crippen molar-refractivity contribution in [3.05, 3.63) is 63.2 Å². The zero-order valence-electron chi connectivity index (χ0n) is 27.1. The maximum atomic E-state index is 13.8. The number of benzene rings is 1. The monoisotopic (exact) mass is 632 g/mol. The number of hydrogen-bond donors (Lipinski definition) is 2. The van der Waals surface area contributed by atoms with Crippen LogP contribution in [0.4, 0.5) is 5.82 Å². The van der Waals surface area contributed by atoms with Crippen LogP contribution >= 0.6 is 11.8 Å². The molecule has 10 heteroatoms. The lowest BCUT2D eigenvalue weighted by Gasteiger charge is -2.36. The fourth-order valence-corrected chi connectivity index (χ4v) is 7.73. The van der Waals surface area contributed by atoms with Gasteiger partial charge in [-0.15, -0.1) is 11.8 Å². The second-order valence-electron chi connectivity index (χ2n) is 12.9. The minimum Gasteiger partial charge on any atom is -0.448 e. The molecule has 0 bridgehead atoms. The Balaban J connectivity index is 1.35. The van der Waals surface area contributed by atoms with Gasteiger partial charge in [-0.1, -0.05) is 19.3 Å². The van der Waals surface area contributed by atoms with E-state index >= 15 is 0 Å². The molecule has 3 aromatic rings. The van der Waals surface area contributed by atoms with E-state index < -0.39 is 5.79 Å². The van der Waals surface area contributed by atoms with Crippen LogP contribution in [-0.4, -0.2) is 53.2 Å². The van der Waals surface area contributed by atoms with E-state index in [4.69, 9.17) is 19.2 Å². The number of nitrogens with one attached hydrogen (secondary N) is 2. The summed E-state index contributed by atoms with van der Waals surface area (Å²) >= 11 is 1.49. The molecule has 2 fully saturated rings. The minimum atomic E-state index is -0.812. The van der Waals surface area contributed by atoms with Crippen molar-refractivity contribution >= 4 is 23.5 Å². The van der Waals surface area contributed by atoms with Gasteiger partial charge in [0.15, 0.2) is 11.5 Å². The number of carbonyl (C=O) groups is 1. The van der Waals surface area contributed by atoms with Crippen LogP contribution in [0.5, 0.6) is 11.5 Å². The molecule has 2 aromatic heterocycles. The molecule has 240 valence electrons. The van der Waals surface area contributed by atoms with Gasteiger partial charge in [0.25, 0.3) is 17.3 Å². The second-order valence-corrected chi connectivity index (χ2v) is 13.7. The standard InChI is InChI=1S/C35H44N4O5S/c1-20-14-29(45-6)28(34(41)38-20)17-37-33(40)26-15-27(24-12-13-30(36-16-24)39-18-21(2)42-22(3)19-39)32-31(23(26)4)43-35(5,44-32)25-10-8-7-9-11-25/h12-16,21-22,25H,7-11,17-19H2,1-6H3,(H,37,40)(H,38,41). The molecule has 9 nitrogen and oxygen atoms in total. The van der Waals surface area contributed by atoms with Gasteiger partial charge in [0.05, 0.1) is 12.2 Å². The fraction of sp³-hybridized carbons (Fsp3) is 0.514. The quantitative estimate of drug-likeness (QED) is 0.289. The molecule has 0 radical (unpaired) electrons. The molecule has 1 aromatic carbocycles. The first-order chi connectivity index (χ1) is 21.6. The van der Waals surface area contributed by atoms with E-state index in [0.717, 1.165) is 71.9 Å². The summed E-state index contributed by atoms with van der Waals surface area (Å²) in [7, 11) is 0. The smallest absolute Gasteiger partial charge is 0.254 e. The van der Waals surface area contributed by atoms with Gasteiger partial charge < -0.3 is 29.4 Å². The predicted molar refractivity (Wildman–Crippen MR) is 178 cm³/mol. The Bertz CT molecular complexity index is 1620. The molecule has 1 aliphatic carbocycles. The fourth-order valence-electron chi connectivity index (χ4n) is 7.02. The van der Waals surface area contributed by atoms with Crippen molar-refractivity contribution in [3.63, 3.8) is 0 Å². The Morgan fingerprint density at radius 3 is 2.47 bits per heavy atom. The van der Waals surface area contributed by atoms with Gasteiger partial charge in [0.1, 0.15) is 5.82 Å². The average molecular weight is 633 g/mol. The lowest BCUT2D eigenvalue weighted by Crippen LogP contribution is -2.45. The van der Waals surface area contributed by atoms with E-state index in [1.807, 2.05) is 57.5 Å². The van der Waals surface area contributed by atoms with E-state index in [1.54, 1.807) is 0 Å². The molecule has 3 aliphatic rings. The zero-order chi connectivity index (χ0) is 31.9. The Kier molecular flexibility index (Phi) is 8.89. The summed E-state index contributed by atoms with van der Waals surface area (Å²) in [4.78, 5) is 37.4. The molecule has 45 heavy (non-hydrogen) atoms. The number of aryl methyl sites for hydroxylation is 1. The van der Waals surface area contributed by atoms with Gasteiger partial charge in [-0.2, -0.15) is 0 Å². The molecule has 1 saturated carbocycles. The number of nitrogens with zero attached hydrogens (tertiary/aromatic N) is 2. The Hall–Kier alpha value is -3.50. The highest BCUT2D eigenvalue weighted by Gasteiger charge is 2.46. The van der Waals surface area contributed by atoms with Crippen LogP contribution in [-0.2, 0) is 11.3 Å². The number of anilines is 1. The van der Waals surface area contributed by atoms with E-state index in [9.17, 15) is 9.59 Å². The molecule has 6 rings (SSSR count). The van der Waals surface area contributed by atoms with Crippen LogP contribution in [0.1, 0.15) is 80.1 Å². The Labute approximate surface area is 269 Å². The summed E-state index contributed by atoms with van der Waals surface area (Å²) in [6, 6.07) is 7.87. The van der Waals surface area contributed by atoms with Crippen molar-refractivity contribution in [2.45, 2.75) is 96.2 Å². The molecule has 2 aliphatic heterocycles. The highest BCUT2D eigenvalue weighted by atomic mass is 32.2. The van der Waals surface area contributed by atoms with Gasteiger partial charge >= 0.3 is 0 Å². The molecular formula is C35H44N4O5S. The Morgan fingerprint density at radius 2 is 1.80 bits per heavy atom. The van der Waals surface area contributed by atoms with Gasteiger partial charge in [-0.25, -0.2) is 4.98 Å². The van der Waals surface area contributed by atoms with E-state index in [0.29, 0.717) is 22.6 Å². The third kappa shape index (κ3) is 6.31. The number of fused-ring (bicyclic) bond motifs is 1. The highest BCUT2D eigenvalue weighted by Crippen LogP contribution is 2.52. The van der Waals surface area contributed by atoms with Gasteiger partial charge in [-0.05, 0) is 71.1 Å². The highest BCUT2D eigenvalue weighted by molar-refractivity contribution is 7.98. The first kappa shape index (κ1) is 31.5. The third-order valence-electron chi connectivity index (χ3n) is 9.36. The van der Waals surface area contributed by atoms with Crippen molar-refractivity contribution in [1.29, 1.82) is 0 Å². The predicted octanol–water partition coefficient (Wildman–Crippen LogP) is 6.39. The normalized spacial score (nSPS) is 23.3. The van der Waals surface area contributed by atoms with Crippen LogP contribution in [0.3, 0.4) is 0 Å². The number of aromatic nitrogens is 2. The molecule has 4 heterocycles. The molecule has 3 atom stereocenters. The van der Waals surface area contributed by atoms with E-state index in [-0.39, 0.29) is 36.1 Å². The number of hydrogen-bond acceptors (Lipinski definition) is 8. The maximum absolute atomic E-state index is 13.8.